The molecule has 0 aliphatic heterocycles. The van der Waals surface area contributed by atoms with Crippen molar-refractivity contribution >= 4 is 28.9 Å². The van der Waals surface area contributed by atoms with Crippen LogP contribution in [0.4, 0.5) is 13.2 Å². The van der Waals surface area contributed by atoms with Crippen LogP contribution in [0.1, 0.15) is 50.6 Å². The molecule has 2 heterocycles. The van der Waals surface area contributed by atoms with E-state index in [0.717, 1.165) is 23.6 Å². The number of carbonyl (C=O) groups excluding carboxylic acids is 2. The fraction of sp³-hybridized carbons (Fsp3) is 0.409. The van der Waals surface area contributed by atoms with Gasteiger partial charge in [-0.15, -0.1) is 28.5 Å². The second-order valence-corrected chi connectivity index (χ2v) is 8.91. The number of aromatic nitrogens is 5. The highest BCUT2D eigenvalue weighted by molar-refractivity contribution is 7.13. The molecule has 0 radical (unpaired) electrons. The molecule has 15 heteroatoms. The number of alkyl halides is 3. The fourth-order valence-corrected chi connectivity index (χ4v) is 3.79. The van der Waals surface area contributed by atoms with Gasteiger partial charge >= 0.3 is 6.36 Å². The van der Waals surface area contributed by atoms with Crippen molar-refractivity contribution in [1.82, 2.24) is 35.8 Å². The number of nitrogens with zero attached hydrogens (tertiary/aromatic N) is 6. The third-order valence-corrected chi connectivity index (χ3v) is 5.91. The SMILES string of the molecule is CN=C(C)CNC(=O)c1nnc(CCCCn2cc(C(=O)NCc3cccc(OC(F)(F)F)c3)nn2)s1. The Morgan fingerprint density at radius 2 is 1.95 bits per heavy atom. The summed E-state index contributed by atoms with van der Waals surface area (Å²) < 4.78 is 42.5. The number of ether oxygens (including phenoxy) is 1. The third kappa shape index (κ3) is 9.25. The van der Waals surface area contributed by atoms with Crippen molar-refractivity contribution in [1.29, 1.82) is 0 Å². The fourth-order valence-electron chi connectivity index (χ4n) is 3.00. The summed E-state index contributed by atoms with van der Waals surface area (Å²) in [5, 5.41) is 22.1. The number of benzene rings is 1. The molecule has 37 heavy (non-hydrogen) atoms. The zero-order valence-corrected chi connectivity index (χ0v) is 20.9. The van der Waals surface area contributed by atoms with Crippen molar-refractivity contribution in [3.05, 3.63) is 51.7 Å². The lowest BCUT2D eigenvalue weighted by Crippen LogP contribution is -2.28. The highest BCUT2D eigenvalue weighted by atomic mass is 32.1. The highest BCUT2D eigenvalue weighted by Crippen LogP contribution is 2.23. The number of halogens is 3. The molecule has 0 saturated heterocycles. The molecule has 0 bridgehead atoms. The summed E-state index contributed by atoms with van der Waals surface area (Å²) >= 11 is 1.24. The van der Waals surface area contributed by atoms with E-state index in [4.69, 9.17) is 0 Å². The molecule has 11 nitrogen and oxygen atoms in total. The van der Waals surface area contributed by atoms with Crippen molar-refractivity contribution in [2.45, 2.75) is 45.6 Å². The largest absolute Gasteiger partial charge is 0.573 e. The first-order valence-electron chi connectivity index (χ1n) is 11.2. The first kappa shape index (κ1) is 27.7. The van der Waals surface area contributed by atoms with Gasteiger partial charge in [-0.3, -0.25) is 19.3 Å². The Bertz CT molecular complexity index is 1240. The third-order valence-electron chi connectivity index (χ3n) is 4.93. The number of unbranched alkanes of at least 4 members (excludes halogenated alkanes) is 1. The molecule has 3 rings (SSSR count). The smallest absolute Gasteiger partial charge is 0.406 e. The molecule has 0 aliphatic rings. The second-order valence-electron chi connectivity index (χ2n) is 7.84. The molecule has 1 aromatic carbocycles. The molecular weight excluding hydrogens is 513 g/mol. The predicted octanol–water partition coefficient (Wildman–Crippen LogP) is 2.80. The van der Waals surface area contributed by atoms with Crippen LogP contribution in [-0.2, 0) is 19.5 Å². The molecular formula is C22H25F3N8O3S. The molecule has 0 saturated carbocycles. The van der Waals surface area contributed by atoms with Crippen LogP contribution >= 0.6 is 11.3 Å². The molecule has 0 unspecified atom stereocenters. The zero-order valence-electron chi connectivity index (χ0n) is 20.1. The number of hydrogen-bond donors (Lipinski definition) is 2. The van der Waals surface area contributed by atoms with Gasteiger partial charge in [0.2, 0.25) is 5.01 Å². The summed E-state index contributed by atoms with van der Waals surface area (Å²) in [5.41, 5.74) is 1.33. The average Bonchev–Trinajstić information content (AvgIpc) is 3.53. The van der Waals surface area contributed by atoms with Crippen molar-refractivity contribution < 1.29 is 27.5 Å². The Morgan fingerprint density at radius 1 is 1.14 bits per heavy atom. The van der Waals surface area contributed by atoms with Crippen molar-refractivity contribution in [2.24, 2.45) is 4.99 Å². The molecule has 0 fully saturated rings. The quantitative estimate of drug-likeness (QED) is 0.267. The lowest BCUT2D eigenvalue weighted by atomic mass is 10.2. The molecule has 3 aromatic rings. The van der Waals surface area contributed by atoms with E-state index in [2.05, 4.69) is 40.9 Å². The Kier molecular flexibility index (Phi) is 9.65. The van der Waals surface area contributed by atoms with Gasteiger partial charge in [0.15, 0.2) is 5.69 Å². The van der Waals surface area contributed by atoms with Crippen LogP contribution in [0.5, 0.6) is 5.75 Å². The summed E-state index contributed by atoms with van der Waals surface area (Å²) in [4.78, 5) is 28.4. The predicted molar refractivity (Wildman–Crippen MR) is 129 cm³/mol. The van der Waals surface area contributed by atoms with E-state index in [0.29, 0.717) is 30.1 Å². The Morgan fingerprint density at radius 3 is 2.70 bits per heavy atom. The van der Waals surface area contributed by atoms with Gasteiger partial charge in [-0.2, -0.15) is 0 Å². The van der Waals surface area contributed by atoms with Crippen LogP contribution in [0.2, 0.25) is 0 Å². The van der Waals surface area contributed by atoms with Crippen molar-refractivity contribution in [3.63, 3.8) is 0 Å². The first-order chi connectivity index (χ1) is 17.6. The van der Waals surface area contributed by atoms with Crippen LogP contribution in [0.25, 0.3) is 0 Å². The van der Waals surface area contributed by atoms with E-state index in [1.807, 2.05) is 6.92 Å². The standard InChI is InChI=1S/C22H25F3N8O3S/c1-14(26-2)11-27-20(35)21-31-30-18(37-21)8-3-4-9-33-13-17(29-32-33)19(34)28-12-15-6-5-7-16(10-15)36-22(23,24)25/h5-7,10,13H,3-4,8-9,11-12H2,1-2H3,(H,27,35)(H,28,34). The van der Waals surface area contributed by atoms with E-state index >= 15 is 0 Å². The lowest BCUT2D eigenvalue weighted by molar-refractivity contribution is -0.274. The van der Waals surface area contributed by atoms with Crippen LogP contribution in [-0.4, -0.2) is 62.7 Å². The van der Waals surface area contributed by atoms with E-state index in [1.165, 1.54) is 40.4 Å². The maximum absolute atomic E-state index is 12.4. The molecule has 2 aromatic heterocycles. The van der Waals surface area contributed by atoms with E-state index in [1.54, 1.807) is 13.1 Å². The van der Waals surface area contributed by atoms with E-state index < -0.39 is 12.3 Å². The monoisotopic (exact) mass is 538 g/mol. The van der Waals surface area contributed by atoms with Crippen LogP contribution in [0.3, 0.4) is 0 Å². The summed E-state index contributed by atoms with van der Waals surface area (Å²) in [6.07, 6.45) is -1.17. The number of carbonyl (C=O) groups is 2. The zero-order chi connectivity index (χ0) is 26.8. The van der Waals surface area contributed by atoms with Gasteiger partial charge in [-0.1, -0.05) is 28.7 Å². The van der Waals surface area contributed by atoms with E-state index in [9.17, 15) is 22.8 Å². The van der Waals surface area contributed by atoms with Crippen LogP contribution < -0.4 is 15.4 Å². The lowest BCUT2D eigenvalue weighted by Gasteiger charge is -2.10. The van der Waals surface area contributed by atoms with Gasteiger partial charge in [0.05, 0.1) is 12.7 Å². The molecule has 0 spiro atoms. The van der Waals surface area contributed by atoms with Gasteiger partial charge in [0.25, 0.3) is 11.8 Å². The minimum atomic E-state index is -4.79. The van der Waals surface area contributed by atoms with Crippen molar-refractivity contribution in [3.8, 4) is 5.75 Å². The number of aliphatic imine (C=N–C) groups is 1. The minimum absolute atomic E-state index is 0.00554. The topological polar surface area (TPSA) is 136 Å². The minimum Gasteiger partial charge on any atom is -0.406 e. The molecule has 0 aliphatic carbocycles. The first-order valence-corrected chi connectivity index (χ1v) is 12.0. The van der Waals surface area contributed by atoms with Crippen LogP contribution in [0.15, 0.2) is 35.5 Å². The van der Waals surface area contributed by atoms with Gasteiger partial charge in [-0.25, -0.2) is 0 Å². The molecule has 198 valence electrons. The summed E-state index contributed by atoms with van der Waals surface area (Å²) in [5.74, 6) is -1.16. The number of aryl methyl sites for hydroxylation is 2. The van der Waals surface area contributed by atoms with Gasteiger partial charge in [0.1, 0.15) is 10.8 Å². The highest BCUT2D eigenvalue weighted by Gasteiger charge is 2.31. The number of nitrogens with one attached hydrogen (secondary N) is 2. The van der Waals surface area contributed by atoms with Crippen LogP contribution in [0, 0.1) is 0 Å². The summed E-state index contributed by atoms with van der Waals surface area (Å²) in [6.45, 7) is 2.68. The summed E-state index contributed by atoms with van der Waals surface area (Å²) in [7, 11) is 1.66. The number of amides is 2. The van der Waals surface area contributed by atoms with Gasteiger partial charge in [-0.05, 0) is 37.5 Å². The second kappa shape index (κ2) is 12.9. The summed E-state index contributed by atoms with van der Waals surface area (Å²) in [6, 6.07) is 5.34. The van der Waals surface area contributed by atoms with E-state index in [-0.39, 0.29) is 23.9 Å². The number of rotatable bonds is 12. The Balaban J connectivity index is 1.39. The maximum atomic E-state index is 12.4. The average molecular weight is 539 g/mol. The van der Waals surface area contributed by atoms with Gasteiger partial charge in [0, 0.05) is 32.3 Å². The maximum Gasteiger partial charge on any atom is 0.573 e. The number of hydrogen-bond acceptors (Lipinski definition) is 9. The Labute approximate surface area is 214 Å². The van der Waals surface area contributed by atoms with Gasteiger partial charge < -0.3 is 15.4 Å². The van der Waals surface area contributed by atoms with Crippen molar-refractivity contribution in [2.75, 3.05) is 13.6 Å². The molecule has 2 N–H and O–H groups in total. The normalized spacial score (nSPS) is 11.9. The molecule has 0 atom stereocenters. The molecule has 2 amide bonds. The Hall–Kier alpha value is -3.88.